The van der Waals surface area contributed by atoms with Gasteiger partial charge in [0.2, 0.25) is 5.91 Å². The van der Waals surface area contributed by atoms with E-state index in [4.69, 9.17) is 5.11 Å². The molecule has 0 bridgehead atoms. The number of amides is 1. The molecule has 1 amide bonds. The molecule has 0 aromatic heterocycles. The maximum Gasteiger partial charge on any atom is 0.223 e. The van der Waals surface area contributed by atoms with Crippen molar-refractivity contribution in [2.75, 3.05) is 6.61 Å². The Morgan fingerprint density at radius 3 is 1.89 bits per heavy atom. The first-order valence-corrected chi connectivity index (χ1v) is 10.6. The van der Waals surface area contributed by atoms with E-state index in [1.54, 1.807) is 6.92 Å². The van der Waals surface area contributed by atoms with Crippen molar-refractivity contribution in [1.82, 2.24) is 5.32 Å². The van der Waals surface area contributed by atoms with E-state index >= 15 is 0 Å². The molecule has 2 N–H and O–H groups in total. The molecule has 154 valence electrons. The predicted molar refractivity (Wildman–Crippen MR) is 118 cm³/mol. The molecule has 0 unspecified atom stereocenters. The summed E-state index contributed by atoms with van der Waals surface area (Å²) in [4.78, 5) is 11.8. The van der Waals surface area contributed by atoms with Crippen molar-refractivity contribution < 1.29 is 9.90 Å². The van der Waals surface area contributed by atoms with Crippen molar-refractivity contribution in [3.8, 4) is 0 Å². The number of carbonyl (C=O) groups excluding carboxylic acids is 1. The maximum atomic E-state index is 11.8. The quantitative estimate of drug-likeness (QED) is 0.262. The standard InChI is InChI=1S/C24H41NO2/c1-4-5-6-7-8-9-10-11-12-13-14-15-16-17-18-19-20-22(2)24(27)25-23(3)21-26/h8-9,11-12,14-15,17-18,22-23,26H,4-7,10,13,16,19-21H2,1-3H3,(H,25,27)/b9-8-,12-11-,15-14-,18-17-/t22-,23-/m0/s1. The second kappa shape index (κ2) is 19.2. The Hall–Kier alpha value is -1.61. The van der Waals surface area contributed by atoms with Crippen molar-refractivity contribution in [1.29, 1.82) is 0 Å². The molecule has 0 saturated carbocycles. The monoisotopic (exact) mass is 375 g/mol. The number of aliphatic hydroxyl groups is 1. The number of carbonyl (C=O) groups is 1. The van der Waals surface area contributed by atoms with Crippen LogP contribution in [0.1, 0.15) is 78.6 Å². The average Bonchev–Trinajstić information content (AvgIpc) is 2.67. The highest BCUT2D eigenvalue weighted by atomic mass is 16.3. The molecule has 2 atom stereocenters. The number of allylic oxidation sites excluding steroid dienone is 8. The van der Waals surface area contributed by atoms with Crippen LogP contribution in [-0.2, 0) is 4.79 Å². The van der Waals surface area contributed by atoms with E-state index in [0.717, 1.165) is 32.1 Å². The molecule has 27 heavy (non-hydrogen) atoms. The van der Waals surface area contributed by atoms with Crippen molar-refractivity contribution in [3.63, 3.8) is 0 Å². The average molecular weight is 376 g/mol. The van der Waals surface area contributed by atoms with E-state index in [1.165, 1.54) is 25.7 Å². The van der Waals surface area contributed by atoms with Gasteiger partial charge in [-0.1, -0.05) is 75.3 Å². The van der Waals surface area contributed by atoms with Crippen LogP contribution in [0.4, 0.5) is 0 Å². The molecule has 0 rings (SSSR count). The zero-order valence-electron chi connectivity index (χ0n) is 17.7. The third kappa shape index (κ3) is 17.6. The van der Waals surface area contributed by atoms with E-state index in [0.29, 0.717) is 0 Å². The molecule has 0 aliphatic carbocycles. The van der Waals surface area contributed by atoms with Crippen molar-refractivity contribution in [2.45, 2.75) is 84.6 Å². The van der Waals surface area contributed by atoms with E-state index < -0.39 is 0 Å². The highest BCUT2D eigenvalue weighted by Crippen LogP contribution is 2.07. The van der Waals surface area contributed by atoms with Crippen LogP contribution in [0.25, 0.3) is 0 Å². The van der Waals surface area contributed by atoms with Gasteiger partial charge in [-0.3, -0.25) is 4.79 Å². The minimum absolute atomic E-state index is 0.0182. The molecular formula is C24H41NO2. The van der Waals surface area contributed by atoms with Gasteiger partial charge in [-0.15, -0.1) is 0 Å². The van der Waals surface area contributed by atoms with E-state index in [-0.39, 0.29) is 24.5 Å². The van der Waals surface area contributed by atoms with Gasteiger partial charge in [-0.2, -0.15) is 0 Å². The predicted octanol–water partition coefficient (Wildman–Crippen LogP) is 5.88. The van der Waals surface area contributed by atoms with Gasteiger partial charge in [0, 0.05) is 12.0 Å². The lowest BCUT2D eigenvalue weighted by molar-refractivity contribution is -0.125. The molecule has 0 radical (unpaired) electrons. The number of aliphatic hydroxyl groups excluding tert-OH is 1. The molecule has 0 aliphatic heterocycles. The fourth-order valence-corrected chi connectivity index (χ4v) is 2.47. The molecule has 3 nitrogen and oxygen atoms in total. The third-order valence-corrected chi connectivity index (χ3v) is 4.33. The highest BCUT2D eigenvalue weighted by Gasteiger charge is 2.13. The van der Waals surface area contributed by atoms with Crippen LogP contribution in [0.5, 0.6) is 0 Å². The lowest BCUT2D eigenvalue weighted by Crippen LogP contribution is -2.38. The fraction of sp³-hybridized carbons (Fsp3) is 0.625. The van der Waals surface area contributed by atoms with Crippen molar-refractivity contribution >= 4 is 5.91 Å². The Kier molecular flexibility index (Phi) is 18.0. The Balaban J connectivity index is 3.65. The van der Waals surface area contributed by atoms with Crippen LogP contribution in [0, 0.1) is 5.92 Å². The van der Waals surface area contributed by atoms with Crippen LogP contribution < -0.4 is 5.32 Å². The van der Waals surface area contributed by atoms with Gasteiger partial charge in [0.05, 0.1) is 6.61 Å². The van der Waals surface area contributed by atoms with Gasteiger partial charge >= 0.3 is 0 Å². The second-order valence-corrected chi connectivity index (χ2v) is 7.16. The molecule has 0 heterocycles. The number of unbranched alkanes of at least 4 members (excludes halogenated alkanes) is 3. The summed E-state index contributed by atoms with van der Waals surface area (Å²) in [6.45, 7) is 5.95. The molecule has 0 aliphatic rings. The summed E-state index contributed by atoms with van der Waals surface area (Å²) < 4.78 is 0. The topological polar surface area (TPSA) is 49.3 Å². The van der Waals surface area contributed by atoms with Gasteiger partial charge in [-0.05, 0) is 51.9 Å². The first-order valence-electron chi connectivity index (χ1n) is 10.6. The Bertz CT molecular complexity index is 463. The normalized spacial score (nSPS) is 14.7. The minimum Gasteiger partial charge on any atom is -0.394 e. The summed E-state index contributed by atoms with van der Waals surface area (Å²) in [6, 6.07) is -0.170. The van der Waals surface area contributed by atoms with Crippen LogP contribution in [0.2, 0.25) is 0 Å². The second-order valence-electron chi connectivity index (χ2n) is 7.16. The zero-order valence-corrected chi connectivity index (χ0v) is 17.7. The fourth-order valence-electron chi connectivity index (χ4n) is 2.47. The lowest BCUT2D eigenvalue weighted by atomic mass is 10.0. The first-order chi connectivity index (χ1) is 13.1. The molecule has 0 saturated heterocycles. The Morgan fingerprint density at radius 2 is 1.37 bits per heavy atom. The van der Waals surface area contributed by atoms with Crippen LogP contribution >= 0.6 is 0 Å². The summed E-state index contributed by atoms with van der Waals surface area (Å²) in [7, 11) is 0. The maximum absolute atomic E-state index is 11.8. The van der Waals surface area contributed by atoms with E-state index in [9.17, 15) is 4.79 Å². The van der Waals surface area contributed by atoms with Crippen molar-refractivity contribution in [3.05, 3.63) is 48.6 Å². The Labute approximate surface area is 167 Å². The van der Waals surface area contributed by atoms with Gasteiger partial charge in [-0.25, -0.2) is 0 Å². The Morgan fingerprint density at radius 1 is 0.852 bits per heavy atom. The number of hydrogen-bond acceptors (Lipinski definition) is 2. The first kappa shape index (κ1) is 25.4. The molecule has 0 fully saturated rings. The minimum atomic E-state index is -0.170. The molecular weight excluding hydrogens is 334 g/mol. The van der Waals surface area contributed by atoms with Gasteiger partial charge in [0.15, 0.2) is 0 Å². The van der Waals surface area contributed by atoms with E-state index in [2.05, 4.69) is 60.8 Å². The lowest BCUT2D eigenvalue weighted by Gasteiger charge is -2.15. The largest absolute Gasteiger partial charge is 0.394 e. The van der Waals surface area contributed by atoms with Gasteiger partial charge in [0.25, 0.3) is 0 Å². The molecule has 0 aromatic rings. The SMILES string of the molecule is CCCCC/C=C\C/C=C\C/C=C\C/C=C\CC[C@H](C)C(=O)N[C@@H](C)CO. The van der Waals surface area contributed by atoms with Crippen LogP contribution in [0.15, 0.2) is 48.6 Å². The molecule has 3 heteroatoms. The zero-order chi connectivity index (χ0) is 20.2. The van der Waals surface area contributed by atoms with Crippen molar-refractivity contribution in [2.24, 2.45) is 5.92 Å². The number of rotatable bonds is 16. The number of hydrogen-bond donors (Lipinski definition) is 2. The van der Waals surface area contributed by atoms with Crippen LogP contribution in [-0.4, -0.2) is 23.7 Å². The third-order valence-electron chi connectivity index (χ3n) is 4.33. The summed E-state index contributed by atoms with van der Waals surface area (Å²) in [6.07, 6.45) is 27.5. The van der Waals surface area contributed by atoms with Gasteiger partial charge in [0.1, 0.15) is 0 Å². The van der Waals surface area contributed by atoms with Gasteiger partial charge < -0.3 is 10.4 Å². The summed E-state index contributed by atoms with van der Waals surface area (Å²) in [5.41, 5.74) is 0. The molecule has 0 aromatic carbocycles. The van der Waals surface area contributed by atoms with Crippen LogP contribution in [0.3, 0.4) is 0 Å². The summed E-state index contributed by atoms with van der Waals surface area (Å²) >= 11 is 0. The van der Waals surface area contributed by atoms with E-state index in [1.807, 2.05) is 6.92 Å². The number of nitrogens with one attached hydrogen (secondary N) is 1. The summed E-state index contributed by atoms with van der Waals surface area (Å²) in [5, 5.41) is 11.7. The highest BCUT2D eigenvalue weighted by molar-refractivity contribution is 5.78. The summed E-state index contributed by atoms with van der Waals surface area (Å²) in [5.74, 6) is -0.00235. The molecule has 0 spiro atoms. The smallest absolute Gasteiger partial charge is 0.223 e.